The second-order valence-corrected chi connectivity index (χ2v) is 5.02. The van der Waals surface area contributed by atoms with E-state index in [1.807, 2.05) is 43.7 Å². The number of likely N-dealkylation sites (N-methyl/N-ethyl adjacent to an activating group) is 1. The molecule has 108 valence electrons. The van der Waals surface area contributed by atoms with Crippen LogP contribution in [0.25, 0.3) is 0 Å². The molecule has 0 aliphatic rings. The molecule has 0 aliphatic heterocycles. The molecule has 1 aromatic heterocycles. The lowest BCUT2D eigenvalue weighted by Crippen LogP contribution is -2.26. The van der Waals surface area contributed by atoms with Crippen molar-refractivity contribution >= 4 is 11.6 Å². The Morgan fingerprint density at radius 3 is 2.75 bits per heavy atom. The van der Waals surface area contributed by atoms with Crippen molar-refractivity contribution in [1.82, 2.24) is 14.9 Å². The highest BCUT2D eigenvalue weighted by Gasteiger charge is 2.15. The number of hydrogen-bond acceptors (Lipinski definition) is 3. The third kappa shape index (κ3) is 3.74. The first-order chi connectivity index (χ1) is 9.74. The van der Waals surface area contributed by atoms with Crippen molar-refractivity contribution in [3.8, 4) is 5.75 Å². The molecule has 2 aromatic rings. The molecule has 0 saturated carbocycles. The van der Waals surface area contributed by atoms with Crippen LogP contribution in [0, 0.1) is 0 Å². The second-order valence-electron chi connectivity index (χ2n) is 4.59. The predicted molar refractivity (Wildman–Crippen MR) is 81.3 cm³/mol. The zero-order valence-corrected chi connectivity index (χ0v) is 12.6. The van der Waals surface area contributed by atoms with Gasteiger partial charge < -0.3 is 14.6 Å². The van der Waals surface area contributed by atoms with Gasteiger partial charge in [-0.05, 0) is 37.7 Å². The van der Waals surface area contributed by atoms with E-state index in [0.29, 0.717) is 11.6 Å². The van der Waals surface area contributed by atoms with Crippen LogP contribution < -0.4 is 10.1 Å². The van der Waals surface area contributed by atoms with Crippen molar-refractivity contribution in [2.24, 2.45) is 0 Å². The fourth-order valence-electron chi connectivity index (χ4n) is 2.06. The molecule has 1 unspecified atom stereocenters. The van der Waals surface area contributed by atoms with Crippen LogP contribution in [-0.2, 0) is 6.54 Å². The largest absolute Gasteiger partial charge is 0.491 e. The summed E-state index contributed by atoms with van der Waals surface area (Å²) in [7, 11) is 1.92. The highest BCUT2D eigenvalue weighted by Crippen LogP contribution is 2.18. The SMILES string of the molecule is CCCn1ccnc1C(COc1ccc(Cl)cc1)NC. The maximum absolute atomic E-state index is 5.86. The highest BCUT2D eigenvalue weighted by molar-refractivity contribution is 6.30. The molecular formula is C15H20ClN3O. The lowest BCUT2D eigenvalue weighted by atomic mass is 10.3. The summed E-state index contributed by atoms with van der Waals surface area (Å²) in [6.45, 7) is 3.65. The van der Waals surface area contributed by atoms with E-state index in [0.717, 1.165) is 24.5 Å². The fraction of sp³-hybridized carbons (Fsp3) is 0.400. The molecule has 0 amide bonds. The Bertz CT molecular complexity index is 524. The number of aromatic nitrogens is 2. The molecule has 0 bridgehead atoms. The van der Waals surface area contributed by atoms with Crippen molar-refractivity contribution < 1.29 is 4.74 Å². The summed E-state index contributed by atoms with van der Waals surface area (Å²) >= 11 is 5.86. The first-order valence-electron chi connectivity index (χ1n) is 6.81. The summed E-state index contributed by atoms with van der Waals surface area (Å²) in [5, 5.41) is 3.96. The fourth-order valence-corrected chi connectivity index (χ4v) is 2.18. The predicted octanol–water partition coefficient (Wildman–Crippen LogP) is 3.29. The summed E-state index contributed by atoms with van der Waals surface area (Å²) in [5.74, 6) is 1.81. The van der Waals surface area contributed by atoms with Crippen LogP contribution in [0.1, 0.15) is 25.2 Å². The summed E-state index contributed by atoms with van der Waals surface area (Å²) in [6.07, 6.45) is 4.92. The first kappa shape index (κ1) is 14.9. The van der Waals surface area contributed by atoms with E-state index < -0.39 is 0 Å². The molecule has 1 atom stereocenters. The van der Waals surface area contributed by atoms with Gasteiger partial charge in [-0.1, -0.05) is 18.5 Å². The van der Waals surface area contributed by atoms with Crippen LogP contribution in [0.4, 0.5) is 0 Å². The summed E-state index contributed by atoms with van der Waals surface area (Å²) < 4.78 is 7.96. The Hall–Kier alpha value is -1.52. The van der Waals surface area contributed by atoms with Gasteiger partial charge >= 0.3 is 0 Å². The van der Waals surface area contributed by atoms with Crippen LogP contribution in [0.2, 0.25) is 5.02 Å². The van der Waals surface area contributed by atoms with Gasteiger partial charge in [-0.3, -0.25) is 0 Å². The van der Waals surface area contributed by atoms with Crippen LogP contribution in [0.3, 0.4) is 0 Å². The van der Waals surface area contributed by atoms with Crippen molar-refractivity contribution in [2.75, 3.05) is 13.7 Å². The van der Waals surface area contributed by atoms with Gasteiger partial charge in [-0.2, -0.15) is 0 Å². The molecule has 0 saturated heterocycles. The van der Waals surface area contributed by atoms with Gasteiger partial charge in [0.25, 0.3) is 0 Å². The Kier molecular flexibility index (Phi) is 5.44. The monoisotopic (exact) mass is 293 g/mol. The van der Waals surface area contributed by atoms with Crippen LogP contribution >= 0.6 is 11.6 Å². The number of hydrogen-bond donors (Lipinski definition) is 1. The Morgan fingerprint density at radius 1 is 1.35 bits per heavy atom. The minimum Gasteiger partial charge on any atom is -0.491 e. The third-order valence-corrected chi connectivity index (χ3v) is 3.35. The Balaban J connectivity index is 2.01. The first-order valence-corrected chi connectivity index (χ1v) is 7.19. The van der Waals surface area contributed by atoms with E-state index >= 15 is 0 Å². The number of rotatable bonds is 7. The van der Waals surface area contributed by atoms with Crippen molar-refractivity contribution in [3.05, 3.63) is 47.5 Å². The summed E-state index contributed by atoms with van der Waals surface area (Å²) in [5.41, 5.74) is 0. The van der Waals surface area contributed by atoms with Crippen LogP contribution in [0.15, 0.2) is 36.7 Å². The van der Waals surface area contributed by atoms with E-state index in [2.05, 4.69) is 21.8 Å². The molecule has 5 heteroatoms. The molecule has 20 heavy (non-hydrogen) atoms. The normalized spacial score (nSPS) is 12.3. The van der Waals surface area contributed by atoms with Gasteiger partial charge in [0.1, 0.15) is 24.2 Å². The number of imidazole rings is 1. The number of halogens is 1. The molecule has 0 fully saturated rings. The number of ether oxygens (including phenoxy) is 1. The summed E-state index contributed by atoms with van der Waals surface area (Å²) in [6, 6.07) is 7.44. The lowest BCUT2D eigenvalue weighted by Gasteiger charge is -2.18. The Labute approximate surface area is 124 Å². The van der Waals surface area contributed by atoms with Gasteiger partial charge in [0.15, 0.2) is 0 Å². The summed E-state index contributed by atoms with van der Waals surface area (Å²) in [4.78, 5) is 4.43. The molecule has 1 aromatic carbocycles. The smallest absolute Gasteiger partial charge is 0.129 e. The topological polar surface area (TPSA) is 39.1 Å². The maximum atomic E-state index is 5.86. The molecule has 1 N–H and O–H groups in total. The molecule has 0 spiro atoms. The third-order valence-electron chi connectivity index (χ3n) is 3.10. The second kappa shape index (κ2) is 7.31. The average molecular weight is 294 g/mol. The van der Waals surface area contributed by atoms with Crippen molar-refractivity contribution in [2.45, 2.75) is 25.9 Å². The molecular weight excluding hydrogens is 274 g/mol. The highest BCUT2D eigenvalue weighted by atomic mass is 35.5. The van der Waals surface area contributed by atoms with Gasteiger partial charge in [0, 0.05) is 24.0 Å². The van der Waals surface area contributed by atoms with E-state index in [1.165, 1.54) is 0 Å². The van der Waals surface area contributed by atoms with Gasteiger partial charge in [-0.25, -0.2) is 4.98 Å². The van der Waals surface area contributed by atoms with Crippen molar-refractivity contribution in [3.63, 3.8) is 0 Å². The van der Waals surface area contributed by atoms with Crippen LogP contribution in [-0.4, -0.2) is 23.2 Å². The number of benzene rings is 1. The molecule has 0 radical (unpaired) electrons. The molecule has 2 rings (SSSR count). The molecule has 1 heterocycles. The van der Waals surface area contributed by atoms with E-state index in [9.17, 15) is 0 Å². The van der Waals surface area contributed by atoms with E-state index in [1.54, 1.807) is 0 Å². The number of aryl methyl sites for hydroxylation is 1. The average Bonchev–Trinajstić information content (AvgIpc) is 2.90. The van der Waals surface area contributed by atoms with Gasteiger partial charge in [0.2, 0.25) is 0 Å². The van der Waals surface area contributed by atoms with E-state index in [-0.39, 0.29) is 6.04 Å². The minimum atomic E-state index is 0.0622. The quantitative estimate of drug-likeness (QED) is 0.851. The molecule has 4 nitrogen and oxygen atoms in total. The number of nitrogens with one attached hydrogen (secondary N) is 1. The lowest BCUT2D eigenvalue weighted by molar-refractivity contribution is 0.264. The van der Waals surface area contributed by atoms with E-state index in [4.69, 9.17) is 16.3 Å². The standard InChI is InChI=1S/C15H20ClN3O/c1-3-9-19-10-8-18-15(19)14(17-2)11-20-13-6-4-12(16)5-7-13/h4-8,10,14,17H,3,9,11H2,1-2H3. The Morgan fingerprint density at radius 2 is 2.10 bits per heavy atom. The zero-order chi connectivity index (χ0) is 14.4. The van der Waals surface area contributed by atoms with Gasteiger partial charge in [-0.15, -0.1) is 0 Å². The zero-order valence-electron chi connectivity index (χ0n) is 11.8. The number of nitrogens with zero attached hydrogens (tertiary/aromatic N) is 2. The minimum absolute atomic E-state index is 0.0622. The van der Waals surface area contributed by atoms with Crippen molar-refractivity contribution in [1.29, 1.82) is 0 Å². The van der Waals surface area contributed by atoms with Gasteiger partial charge in [0.05, 0.1) is 0 Å². The van der Waals surface area contributed by atoms with Crippen LogP contribution in [0.5, 0.6) is 5.75 Å². The molecule has 0 aliphatic carbocycles. The maximum Gasteiger partial charge on any atom is 0.129 e.